The molecule has 0 unspecified atom stereocenters. The first-order valence-corrected chi connectivity index (χ1v) is 9.03. The zero-order valence-electron chi connectivity index (χ0n) is 15.7. The van der Waals surface area contributed by atoms with Crippen molar-refractivity contribution in [3.05, 3.63) is 76.8 Å². The van der Waals surface area contributed by atoms with Crippen molar-refractivity contribution in [2.75, 3.05) is 19.6 Å². The number of aromatic nitrogens is 1. The number of aliphatic carboxylic acids is 2. The highest BCUT2D eigenvalue weighted by atomic mass is 16.5. The van der Waals surface area contributed by atoms with Gasteiger partial charge in [-0.3, -0.25) is 4.98 Å². The molecule has 2 heterocycles. The third-order valence-electron chi connectivity index (χ3n) is 4.50. The summed E-state index contributed by atoms with van der Waals surface area (Å²) in [4.78, 5) is 22.7. The van der Waals surface area contributed by atoms with Gasteiger partial charge in [-0.05, 0) is 30.7 Å². The normalized spacial score (nSPS) is 15.4. The first kappa shape index (κ1) is 21.3. The molecule has 1 aliphatic heterocycles. The zero-order chi connectivity index (χ0) is 20.6. The second-order valence-corrected chi connectivity index (χ2v) is 6.70. The molecule has 3 rings (SSSR count). The predicted octanol–water partition coefficient (Wildman–Crippen LogP) is 3.09. The van der Waals surface area contributed by atoms with Crippen molar-refractivity contribution in [1.82, 2.24) is 4.98 Å². The SMILES string of the molecule is Cc1ccc(/C(=C\C[N+]2([O-])CCCC2)c2ccccn2)cc1.O=C(O)C(=O)O. The Morgan fingerprint density at radius 3 is 2.18 bits per heavy atom. The molecule has 148 valence electrons. The minimum Gasteiger partial charge on any atom is -0.633 e. The molecule has 0 amide bonds. The molecular formula is C21H24N2O5. The van der Waals surface area contributed by atoms with E-state index in [4.69, 9.17) is 19.8 Å². The van der Waals surface area contributed by atoms with Gasteiger partial charge in [0.1, 0.15) is 0 Å². The van der Waals surface area contributed by atoms with Gasteiger partial charge in [0.05, 0.1) is 25.3 Å². The molecule has 0 bridgehead atoms. The van der Waals surface area contributed by atoms with Gasteiger partial charge in [0.15, 0.2) is 0 Å². The summed E-state index contributed by atoms with van der Waals surface area (Å²) in [6, 6.07) is 14.3. The minimum absolute atomic E-state index is 0.0950. The summed E-state index contributed by atoms with van der Waals surface area (Å²) in [7, 11) is 0. The molecular weight excluding hydrogens is 360 g/mol. The summed E-state index contributed by atoms with van der Waals surface area (Å²) in [6.45, 7) is 4.08. The van der Waals surface area contributed by atoms with Crippen LogP contribution in [-0.2, 0) is 9.59 Å². The van der Waals surface area contributed by atoms with Crippen LogP contribution in [0.4, 0.5) is 0 Å². The van der Waals surface area contributed by atoms with E-state index in [-0.39, 0.29) is 4.65 Å². The van der Waals surface area contributed by atoms with Gasteiger partial charge in [0, 0.05) is 24.6 Å². The number of nitrogens with zero attached hydrogens (tertiary/aromatic N) is 2. The Hall–Kier alpha value is -3.03. The van der Waals surface area contributed by atoms with Crippen LogP contribution in [0.2, 0.25) is 0 Å². The van der Waals surface area contributed by atoms with Crippen LogP contribution in [0.5, 0.6) is 0 Å². The first-order valence-electron chi connectivity index (χ1n) is 9.03. The van der Waals surface area contributed by atoms with E-state index in [9.17, 15) is 5.21 Å². The Morgan fingerprint density at radius 2 is 1.68 bits per heavy atom. The van der Waals surface area contributed by atoms with Crippen LogP contribution < -0.4 is 0 Å². The van der Waals surface area contributed by atoms with Crippen LogP contribution in [-0.4, -0.2) is 51.4 Å². The summed E-state index contributed by atoms with van der Waals surface area (Å²) < 4.78 is -0.0950. The van der Waals surface area contributed by atoms with Gasteiger partial charge in [-0.2, -0.15) is 0 Å². The Labute approximate surface area is 163 Å². The number of hydroxylamine groups is 3. The van der Waals surface area contributed by atoms with E-state index in [0.29, 0.717) is 6.54 Å². The van der Waals surface area contributed by atoms with Gasteiger partial charge in [0.25, 0.3) is 0 Å². The number of likely N-dealkylation sites (tertiary alicyclic amines) is 1. The molecule has 28 heavy (non-hydrogen) atoms. The summed E-state index contributed by atoms with van der Waals surface area (Å²) in [6.07, 6.45) is 5.96. The molecule has 0 aliphatic carbocycles. The maximum Gasteiger partial charge on any atom is 0.414 e. The van der Waals surface area contributed by atoms with Crippen LogP contribution in [0.25, 0.3) is 5.57 Å². The average Bonchev–Trinajstić information content (AvgIpc) is 3.11. The number of hydrogen-bond acceptors (Lipinski definition) is 4. The van der Waals surface area contributed by atoms with Crippen molar-refractivity contribution in [3.63, 3.8) is 0 Å². The number of carboxylic acid groups (broad SMARTS) is 2. The monoisotopic (exact) mass is 384 g/mol. The van der Waals surface area contributed by atoms with Crippen molar-refractivity contribution in [2.45, 2.75) is 19.8 Å². The quantitative estimate of drug-likeness (QED) is 0.476. The molecule has 7 nitrogen and oxygen atoms in total. The van der Waals surface area contributed by atoms with E-state index in [1.54, 1.807) is 6.20 Å². The number of rotatable bonds is 4. The van der Waals surface area contributed by atoms with E-state index in [0.717, 1.165) is 42.8 Å². The number of benzene rings is 1. The number of carboxylic acids is 2. The fourth-order valence-corrected chi connectivity index (χ4v) is 2.98. The smallest absolute Gasteiger partial charge is 0.414 e. The lowest BCUT2D eigenvalue weighted by Gasteiger charge is -2.37. The average molecular weight is 384 g/mol. The topological polar surface area (TPSA) is 111 Å². The van der Waals surface area contributed by atoms with E-state index in [1.807, 2.05) is 18.2 Å². The van der Waals surface area contributed by atoms with Crippen molar-refractivity contribution < 1.29 is 24.4 Å². The molecule has 1 fully saturated rings. The Bertz CT molecular complexity index is 814. The third-order valence-corrected chi connectivity index (χ3v) is 4.50. The fourth-order valence-electron chi connectivity index (χ4n) is 2.98. The molecule has 1 saturated heterocycles. The number of carbonyl (C=O) groups is 2. The van der Waals surface area contributed by atoms with Gasteiger partial charge >= 0.3 is 11.9 Å². The second-order valence-electron chi connectivity index (χ2n) is 6.70. The van der Waals surface area contributed by atoms with Crippen LogP contribution in [0.1, 0.15) is 29.7 Å². The molecule has 1 aromatic carbocycles. The van der Waals surface area contributed by atoms with Gasteiger partial charge in [0.2, 0.25) is 0 Å². The molecule has 1 aliphatic rings. The molecule has 0 radical (unpaired) electrons. The highest BCUT2D eigenvalue weighted by Gasteiger charge is 2.21. The Kier molecular flexibility index (Phi) is 7.43. The predicted molar refractivity (Wildman–Crippen MR) is 105 cm³/mol. The summed E-state index contributed by atoms with van der Waals surface area (Å²) in [5.41, 5.74) is 4.34. The molecule has 7 heteroatoms. The van der Waals surface area contributed by atoms with E-state index < -0.39 is 11.9 Å². The highest BCUT2D eigenvalue weighted by molar-refractivity contribution is 6.27. The maximum atomic E-state index is 12.6. The summed E-state index contributed by atoms with van der Waals surface area (Å²) in [5, 5.41) is 27.4. The number of aryl methyl sites for hydroxylation is 1. The molecule has 2 N–H and O–H groups in total. The largest absolute Gasteiger partial charge is 0.633 e. The van der Waals surface area contributed by atoms with Crippen molar-refractivity contribution in [3.8, 4) is 0 Å². The van der Waals surface area contributed by atoms with Crippen molar-refractivity contribution in [1.29, 1.82) is 0 Å². The lowest BCUT2D eigenvalue weighted by molar-refractivity contribution is -0.862. The summed E-state index contributed by atoms with van der Waals surface area (Å²) >= 11 is 0. The lowest BCUT2D eigenvalue weighted by atomic mass is 10.0. The van der Waals surface area contributed by atoms with E-state index >= 15 is 0 Å². The van der Waals surface area contributed by atoms with Gasteiger partial charge < -0.3 is 20.1 Å². The molecule has 1 aromatic heterocycles. The summed E-state index contributed by atoms with van der Waals surface area (Å²) in [5.74, 6) is -3.65. The molecule has 0 saturated carbocycles. The number of hydrogen-bond donors (Lipinski definition) is 2. The van der Waals surface area contributed by atoms with Crippen LogP contribution >= 0.6 is 0 Å². The van der Waals surface area contributed by atoms with Crippen molar-refractivity contribution >= 4 is 17.5 Å². The fraction of sp³-hybridized carbons (Fsp3) is 0.286. The van der Waals surface area contributed by atoms with E-state index in [2.05, 4.69) is 42.2 Å². The van der Waals surface area contributed by atoms with Crippen LogP contribution in [0.15, 0.2) is 54.7 Å². The van der Waals surface area contributed by atoms with Crippen LogP contribution in [0.3, 0.4) is 0 Å². The maximum absolute atomic E-state index is 12.6. The van der Waals surface area contributed by atoms with Crippen molar-refractivity contribution in [2.24, 2.45) is 0 Å². The zero-order valence-corrected chi connectivity index (χ0v) is 15.7. The standard InChI is InChI=1S/C19H22N2O.C2H2O4/c1-16-7-9-17(10-8-16)18(19-6-2-3-12-20-19)11-15-21(22)13-4-5-14-21;3-1(4)2(5)6/h2-3,6-12H,4-5,13-15H2,1H3;(H,3,4)(H,5,6)/b18-11+;. The number of pyridine rings is 1. The molecule has 0 atom stereocenters. The minimum atomic E-state index is -1.82. The molecule has 2 aromatic rings. The molecule has 0 spiro atoms. The Balaban J connectivity index is 0.000000409. The van der Waals surface area contributed by atoms with Gasteiger partial charge in [-0.1, -0.05) is 35.9 Å². The third kappa shape index (κ3) is 6.29. The number of quaternary nitrogens is 1. The van der Waals surface area contributed by atoms with Gasteiger partial charge in [-0.25, -0.2) is 9.59 Å². The van der Waals surface area contributed by atoms with Crippen LogP contribution in [0, 0.1) is 12.1 Å². The highest BCUT2D eigenvalue weighted by Crippen LogP contribution is 2.24. The first-order chi connectivity index (χ1) is 13.3. The van der Waals surface area contributed by atoms with Gasteiger partial charge in [-0.15, -0.1) is 0 Å². The second kappa shape index (κ2) is 9.77. The van der Waals surface area contributed by atoms with E-state index in [1.165, 1.54) is 5.56 Å². The Morgan fingerprint density at radius 1 is 1.07 bits per heavy atom. The lowest BCUT2D eigenvalue weighted by Crippen LogP contribution is -2.38.